The Morgan fingerprint density at radius 3 is 2.77 bits per heavy atom. The van der Waals surface area contributed by atoms with Crippen LogP contribution < -0.4 is 0 Å². The van der Waals surface area contributed by atoms with Gasteiger partial charge in [-0.2, -0.15) is 8.42 Å². The smallest absolute Gasteiger partial charge is 0.264 e. The molecule has 0 bridgehead atoms. The first kappa shape index (κ1) is 23.6. The zero-order valence-electron chi connectivity index (χ0n) is 20.1. The summed E-state index contributed by atoms with van der Waals surface area (Å²) in [7, 11) is -3.79. The molecule has 4 fully saturated rings. The summed E-state index contributed by atoms with van der Waals surface area (Å²) in [5.41, 5.74) is -0.519. The van der Waals surface area contributed by atoms with E-state index in [4.69, 9.17) is 18.1 Å². The first-order valence-electron chi connectivity index (χ1n) is 12.6. The molecule has 1 aliphatic heterocycles. The lowest BCUT2D eigenvalue weighted by Crippen LogP contribution is -2.60. The Hall–Kier alpha value is -1.81. The van der Waals surface area contributed by atoms with Crippen LogP contribution in [-0.4, -0.2) is 44.6 Å². The van der Waals surface area contributed by atoms with Gasteiger partial charge in [0.1, 0.15) is 6.61 Å². The molecule has 3 saturated carbocycles. The van der Waals surface area contributed by atoms with Crippen LogP contribution in [0.25, 0.3) is 0 Å². The molecule has 8 nitrogen and oxygen atoms in total. The Morgan fingerprint density at radius 1 is 1.20 bits per heavy atom. The summed E-state index contributed by atoms with van der Waals surface area (Å²) >= 11 is 0. The van der Waals surface area contributed by atoms with Gasteiger partial charge in [-0.25, -0.2) is 0 Å². The van der Waals surface area contributed by atoms with Crippen molar-refractivity contribution >= 4 is 21.7 Å². The van der Waals surface area contributed by atoms with Crippen LogP contribution in [0.1, 0.15) is 63.9 Å². The van der Waals surface area contributed by atoms with Gasteiger partial charge in [-0.05, 0) is 80.4 Å². The van der Waals surface area contributed by atoms with Gasteiger partial charge in [0.05, 0.1) is 18.6 Å². The zero-order chi connectivity index (χ0) is 24.6. The number of ketones is 2. The van der Waals surface area contributed by atoms with Crippen LogP contribution in [-0.2, 0) is 33.4 Å². The summed E-state index contributed by atoms with van der Waals surface area (Å²) in [6, 6.07) is 3.50. The molecule has 2 heterocycles. The number of furan rings is 1. The topological polar surface area (TPSA) is 109 Å². The fourth-order valence-corrected chi connectivity index (χ4v) is 8.57. The molecule has 4 aliphatic carbocycles. The highest BCUT2D eigenvalue weighted by atomic mass is 32.2. The summed E-state index contributed by atoms with van der Waals surface area (Å²) in [5, 5.41) is 0. The van der Waals surface area contributed by atoms with Crippen molar-refractivity contribution in [3.8, 4) is 0 Å². The van der Waals surface area contributed by atoms with E-state index in [-0.39, 0.29) is 17.5 Å². The van der Waals surface area contributed by atoms with Crippen LogP contribution >= 0.6 is 0 Å². The molecule has 0 radical (unpaired) electrons. The monoisotopic (exact) mass is 504 g/mol. The lowest BCUT2D eigenvalue weighted by molar-refractivity contribution is -0.187. The number of carbonyl (C=O) groups excluding carboxylic acids is 2. The molecule has 9 heteroatoms. The maximum Gasteiger partial charge on any atom is 0.264 e. The fourth-order valence-electron chi connectivity index (χ4n) is 8.25. The van der Waals surface area contributed by atoms with Crippen LogP contribution in [0.4, 0.5) is 0 Å². The van der Waals surface area contributed by atoms with Crippen LogP contribution in [0.3, 0.4) is 0 Å². The van der Waals surface area contributed by atoms with Gasteiger partial charge in [0.2, 0.25) is 6.29 Å². The van der Waals surface area contributed by atoms with Crippen molar-refractivity contribution in [1.82, 2.24) is 0 Å². The van der Waals surface area contributed by atoms with Gasteiger partial charge in [-0.1, -0.05) is 12.5 Å². The lowest BCUT2D eigenvalue weighted by Gasteiger charge is -2.55. The number of rotatable bonds is 5. The molecule has 0 N–H and O–H groups in total. The summed E-state index contributed by atoms with van der Waals surface area (Å²) in [6.07, 6.45) is 8.85. The largest absolute Gasteiger partial charge is 0.464 e. The third-order valence-corrected chi connectivity index (χ3v) is 10.2. The van der Waals surface area contributed by atoms with Gasteiger partial charge < -0.3 is 13.9 Å². The number of fused-ring (bicyclic) bond motifs is 7. The average Bonchev–Trinajstić information content (AvgIpc) is 3.51. The molecule has 1 saturated heterocycles. The highest BCUT2D eigenvalue weighted by Gasteiger charge is 2.74. The molecule has 0 aromatic carbocycles. The normalized spacial score (nSPS) is 42.6. The van der Waals surface area contributed by atoms with E-state index in [1.54, 1.807) is 12.1 Å². The van der Waals surface area contributed by atoms with Crippen molar-refractivity contribution in [2.45, 2.75) is 69.9 Å². The molecule has 190 valence electrons. The van der Waals surface area contributed by atoms with E-state index in [2.05, 4.69) is 6.92 Å². The van der Waals surface area contributed by atoms with Crippen molar-refractivity contribution in [3.63, 3.8) is 0 Å². The van der Waals surface area contributed by atoms with Crippen molar-refractivity contribution in [2.24, 2.45) is 29.1 Å². The van der Waals surface area contributed by atoms with Crippen molar-refractivity contribution in [3.05, 3.63) is 35.8 Å². The van der Waals surface area contributed by atoms with Gasteiger partial charge in [-0.3, -0.25) is 13.8 Å². The van der Waals surface area contributed by atoms with Gasteiger partial charge in [-0.15, -0.1) is 0 Å². The Balaban J connectivity index is 1.35. The molecular weight excluding hydrogens is 472 g/mol. The summed E-state index contributed by atoms with van der Waals surface area (Å²) in [4.78, 5) is 25.8. The van der Waals surface area contributed by atoms with E-state index in [1.165, 1.54) is 11.8 Å². The Kier molecular flexibility index (Phi) is 5.45. The quantitative estimate of drug-likeness (QED) is 0.558. The number of ether oxygens (including phenoxy) is 2. The van der Waals surface area contributed by atoms with Crippen molar-refractivity contribution in [2.75, 3.05) is 12.9 Å². The standard InChI is InChI=1S/C26H32O8S/c1-25-10-9-18-17-8-6-16(27)12-15(17)5-7-19(18)20(25)13-23-26(25,22(28)14-32-35(2,29)30)34-24(33-23)21-4-3-11-31-21/h3-4,11-12,17-20,23-24H,5-10,13-14H2,1-2H3/t17-,18+,19+,20-,23+,24+,25-,26+/m0/s1. The molecule has 0 amide bonds. The Bertz CT molecular complexity index is 1170. The molecule has 1 aromatic rings. The van der Waals surface area contributed by atoms with E-state index >= 15 is 0 Å². The van der Waals surface area contributed by atoms with Crippen LogP contribution in [0, 0.1) is 29.1 Å². The van der Waals surface area contributed by atoms with Gasteiger partial charge in [0.25, 0.3) is 10.1 Å². The Morgan fingerprint density at radius 2 is 2.03 bits per heavy atom. The maximum absolute atomic E-state index is 13.8. The first-order chi connectivity index (χ1) is 16.6. The number of carbonyl (C=O) groups is 2. The molecule has 0 unspecified atom stereocenters. The predicted molar refractivity (Wildman–Crippen MR) is 123 cm³/mol. The first-order valence-corrected chi connectivity index (χ1v) is 14.4. The van der Waals surface area contributed by atoms with Gasteiger partial charge >= 0.3 is 0 Å². The highest BCUT2D eigenvalue weighted by molar-refractivity contribution is 7.86. The SMILES string of the molecule is C[C@]12CC[C@H]3[C@@H](CCC4=CC(=O)CC[C@@H]43)[C@@H]1C[C@H]1O[C@@H](c3ccco3)O[C@]12C(=O)COS(C)(=O)=O. The molecule has 8 atom stereocenters. The van der Waals surface area contributed by atoms with Crippen molar-refractivity contribution in [1.29, 1.82) is 0 Å². The van der Waals surface area contributed by atoms with Crippen LogP contribution in [0.15, 0.2) is 34.5 Å². The predicted octanol–water partition coefficient (Wildman–Crippen LogP) is 3.73. The second-order valence-electron chi connectivity index (χ2n) is 11.2. The molecule has 5 aliphatic rings. The summed E-state index contributed by atoms with van der Waals surface area (Å²) < 4.78 is 46.8. The van der Waals surface area contributed by atoms with Crippen LogP contribution in [0.2, 0.25) is 0 Å². The molecule has 6 rings (SSSR count). The van der Waals surface area contributed by atoms with Gasteiger partial charge in [0, 0.05) is 11.8 Å². The number of hydrogen-bond acceptors (Lipinski definition) is 8. The minimum absolute atomic E-state index is 0.199. The molecule has 35 heavy (non-hydrogen) atoms. The van der Waals surface area contributed by atoms with E-state index < -0.39 is 40.1 Å². The summed E-state index contributed by atoms with van der Waals surface area (Å²) in [6.45, 7) is 1.55. The fraction of sp³-hybridized carbons (Fsp3) is 0.692. The lowest BCUT2D eigenvalue weighted by atomic mass is 9.50. The minimum atomic E-state index is -3.79. The maximum atomic E-state index is 13.8. The van der Waals surface area contributed by atoms with E-state index in [0.29, 0.717) is 36.4 Å². The van der Waals surface area contributed by atoms with Gasteiger partial charge in [0.15, 0.2) is 22.9 Å². The second-order valence-corrected chi connectivity index (χ2v) is 12.9. The highest BCUT2D eigenvalue weighted by Crippen LogP contribution is 2.69. The average molecular weight is 505 g/mol. The van der Waals surface area contributed by atoms with Crippen molar-refractivity contribution < 1.29 is 36.1 Å². The van der Waals surface area contributed by atoms with E-state index in [1.807, 2.05) is 6.08 Å². The van der Waals surface area contributed by atoms with E-state index in [9.17, 15) is 18.0 Å². The third-order valence-electron chi connectivity index (χ3n) is 9.63. The number of Topliss-reactive ketones (excluding diaryl/α,β-unsaturated/α-hetero) is 1. The minimum Gasteiger partial charge on any atom is -0.464 e. The second kappa shape index (κ2) is 8.10. The third kappa shape index (κ3) is 3.53. The van der Waals surface area contributed by atoms with Crippen LogP contribution in [0.5, 0.6) is 0 Å². The van der Waals surface area contributed by atoms with E-state index in [0.717, 1.165) is 38.4 Å². The zero-order valence-corrected chi connectivity index (χ0v) is 20.9. The summed E-state index contributed by atoms with van der Waals surface area (Å²) in [5.74, 6) is 1.88. The molecule has 0 spiro atoms. The number of hydrogen-bond donors (Lipinski definition) is 0. The Labute approximate surface area is 205 Å². The number of allylic oxidation sites excluding steroid dienone is 1. The molecule has 1 aromatic heterocycles. The molecular formula is C26H32O8S.